The molecule has 21 heavy (non-hydrogen) atoms. The van der Waals surface area contributed by atoms with E-state index in [-0.39, 0.29) is 21.3 Å². The number of sulfone groups is 1. The fraction of sp³-hybridized carbons (Fsp3) is 0.250. The predicted molar refractivity (Wildman–Crippen MR) is 80.6 cm³/mol. The third-order valence-electron chi connectivity index (χ3n) is 3.47. The lowest BCUT2D eigenvalue weighted by Gasteiger charge is -2.12. The van der Waals surface area contributed by atoms with Gasteiger partial charge in [0.15, 0.2) is 0 Å². The van der Waals surface area contributed by atoms with Gasteiger partial charge < -0.3 is 10.2 Å². The molecule has 0 radical (unpaired) electrons. The van der Waals surface area contributed by atoms with Crippen molar-refractivity contribution in [2.75, 3.05) is 0 Å². The maximum Gasteiger partial charge on any atom is 0.210 e. The zero-order chi connectivity index (χ0) is 15.9. The van der Waals surface area contributed by atoms with Crippen LogP contribution in [0, 0.1) is 27.7 Å². The highest BCUT2D eigenvalue weighted by atomic mass is 32.2. The third-order valence-corrected chi connectivity index (χ3v) is 5.22. The fourth-order valence-corrected chi connectivity index (χ4v) is 4.00. The summed E-state index contributed by atoms with van der Waals surface area (Å²) in [6.07, 6.45) is 0. The van der Waals surface area contributed by atoms with Crippen LogP contribution in [0.15, 0.2) is 34.1 Å². The number of hydrogen-bond donors (Lipinski definition) is 2. The Morgan fingerprint density at radius 3 is 1.76 bits per heavy atom. The average Bonchev–Trinajstić information content (AvgIpc) is 2.39. The largest absolute Gasteiger partial charge is 0.507 e. The molecule has 0 fully saturated rings. The van der Waals surface area contributed by atoms with Crippen molar-refractivity contribution in [3.05, 3.63) is 46.5 Å². The summed E-state index contributed by atoms with van der Waals surface area (Å²) in [6, 6.07) is 6.00. The Balaban J connectivity index is 2.74. The summed E-state index contributed by atoms with van der Waals surface area (Å²) in [5.41, 5.74) is 2.24. The van der Waals surface area contributed by atoms with Crippen molar-refractivity contribution in [2.45, 2.75) is 37.5 Å². The van der Waals surface area contributed by atoms with Crippen molar-refractivity contribution in [3.8, 4) is 11.5 Å². The predicted octanol–water partition coefficient (Wildman–Crippen LogP) is 3.16. The standard InChI is InChI=1S/C16H18O4S/c1-9-5-10(2)16(18)14(6-9)21(19,20)13-7-11(3)15(17)12(4)8-13/h5-8,17-18H,1-4H3. The first-order chi connectivity index (χ1) is 9.64. The van der Waals surface area contributed by atoms with E-state index in [0.29, 0.717) is 16.7 Å². The Labute approximate surface area is 124 Å². The highest BCUT2D eigenvalue weighted by Crippen LogP contribution is 2.34. The Hall–Kier alpha value is -2.01. The SMILES string of the molecule is Cc1cc(C)c(O)c(S(=O)(=O)c2cc(C)c(O)c(C)c2)c1. The quantitative estimate of drug-likeness (QED) is 0.893. The van der Waals surface area contributed by atoms with E-state index in [2.05, 4.69) is 0 Å². The van der Waals surface area contributed by atoms with Crippen molar-refractivity contribution >= 4 is 9.84 Å². The summed E-state index contributed by atoms with van der Waals surface area (Å²) in [5.74, 6) is -0.150. The van der Waals surface area contributed by atoms with Crippen LogP contribution in [-0.2, 0) is 9.84 Å². The van der Waals surface area contributed by atoms with Crippen molar-refractivity contribution in [1.29, 1.82) is 0 Å². The molecule has 0 aromatic heterocycles. The fourth-order valence-electron chi connectivity index (χ4n) is 2.32. The minimum Gasteiger partial charge on any atom is -0.507 e. The molecule has 2 aromatic rings. The number of phenols is 2. The number of hydrogen-bond acceptors (Lipinski definition) is 4. The number of aryl methyl sites for hydroxylation is 4. The third kappa shape index (κ3) is 2.61. The minimum atomic E-state index is -3.84. The van der Waals surface area contributed by atoms with Crippen LogP contribution in [0.3, 0.4) is 0 Å². The van der Waals surface area contributed by atoms with Crippen LogP contribution in [0.2, 0.25) is 0 Å². The summed E-state index contributed by atoms with van der Waals surface area (Å²) in [5, 5.41) is 19.8. The van der Waals surface area contributed by atoms with E-state index >= 15 is 0 Å². The molecule has 0 aliphatic rings. The molecular formula is C16H18O4S. The van der Waals surface area contributed by atoms with Crippen molar-refractivity contribution < 1.29 is 18.6 Å². The van der Waals surface area contributed by atoms with Crippen molar-refractivity contribution in [2.24, 2.45) is 0 Å². The van der Waals surface area contributed by atoms with Crippen molar-refractivity contribution in [3.63, 3.8) is 0 Å². The molecule has 2 N–H and O–H groups in total. The maximum absolute atomic E-state index is 12.7. The van der Waals surface area contributed by atoms with Crippen LogP contribution in [0.25, 0.3) is 0 Å². The van der Waals surface area contributed by atoms with Gasteiger partial charge in [-0.3, -0.25) is 0 Å². The monoisotopic (exact) mass is 306 g/mol. The summed E-state index contributed by atoms with van der Waals surface area (Å²) in [7, 11) is -3.84. The first-order valence-corrected chi connectivity index (χ1v) is 7.98. The Bertz CT molecular complexity index is 797. The smallest absolute Gasteiger partial charge is 0.210 e. The van der Waals surface area contributed by atoms with Gasteiger partial charge in [-0.05, 0) is 68.1 Å². The lowest BCUT2D eigenvalue weighted by molar-refractivity contribution is 0.454. The summed E-state index contributed by atoms with van der Waals surface area (Å²) in [6.45, 7) is 6.72. The van der Waals surface area contributed by atoms with Gasteiger partial charge >= 0.3 is 0 Å². The molecule has 4 nitrogen and oxygen atoms in total. The van der Waals surface area contributed by atoms with Gasteiger partial charge in [0.05, 0.1) is 4.90 Å². The topological polar surface area (TPSA) is 74.6 Å². The van der Waals surface area contributed by atoms with Gasteiger partial charge in [0, 0.05) is 0 Å². The second kappa shape index (κ2) is 5.07. The molecule has 0 aliphatic heterocycles. The van der Waals surface area contributed by atoms with Crippen LogP contribution >= 0.6 is 0 Å². The van der Waals surface area contributed by atoms with E-state index in [1.54, 1.807) is 33.8 Å². The molecule has 0 amide bonds. The van der Waals surface area contributed by atoms with E-state index in [1.807, 2.05) is 0 Å². The number of benzene rings is 2. The minimum absolute atomic E-state index is 0.0654. The van der Waals surface area contributed by atoms with Crippen LogP contribution in [0.4, 0.5) is 0 Å². The molecule has 2 rings (SSSR count). The first-order valence-electron chi connectivity index (χ1n) is 6.50. The molecule has 0 spiro atoms. The second-order valence-electron chi connectivity index (χ2n) is 5.34. The zero-order valence-corrected chi connectivity index (χ0v) is 13.2. The van der Waals surface area contributed by atoms with Gasteiger partial charge in [0.25, 0.3) is 0 Å². The molecular weight excluding hydrogens is 288 g/mol. The molecule has 0 atom stereocenters. The number of aromatic hydroxyl groups is 2. The van der Waals surface area contributed by atoms with E-state index < -0.39 is 9.84 Å². The Morgan fingerprint density at radius 2 is 1.24 bits per heavy atom. The Morgan fingerprint density at radius 1 is 0.762 bits per heavy atom. The van der Waals surface area contributed by atoms with Gasteiger partial charge in [-0.25, -0.2) is 8.42 Å². The van der Waals surface area contributed by atoms with Gasteiger partial charge in [-0.15, -0.1) is 0 Å². The highest BCUT2D eigenvalue weighted by Gasteiger charge is 2.24. The van der Waals surface area contributed by atoms with E-state index in [9.17, 15) is 18.6 Å². The summed E-state index contributed by atoms with van der Waals surface area (Å²) >= 11 is 0. The van der Waals surface area contributed by atoms with E-state index in [4.69, 9.17) is 0 Å². The van der Waals surface area contributed by atoms with Gasteiger partial charge in [-0.1, -0.05) is 6.07 Å². The van der Waals surface area contributed by atoms with E-state index in [0.717, 1.165) is 5.56 Å². The normalized spacial score (nSPS) is 11.6. The number of rotatable bonds is 2. The van der Waals surface area contributed by atoms with E-state index in [1.165, 1.54) is 18.2 Å². The molecule has 2 aromatic carbocycles. The Kier molecular flexibility index (Phi) is 3.72. The van der Waals surface area contributed by atoms with Crippen molar-refractivity contribution in [1.82, 2.24) is 0 Å². The zero-order valence-electron chi connectivity index (χ0n) is 12.4. The molecule has 0 saturated heterocycles. The summed E-state index contributed by atoms with van der Waals surface area (Å²) < 4.78 is 25.5. The van der Waals surface area contributed by atoms with Crippen LogP contribution in [-0.4, -0.2) is 18.6 Å². The van der Waals surface area contributed by atoms with Gasteiger partial charge in [-0.2, -0.15) is 0 Å². The molecule has 112 valence electrons. The van der Waals surface area contributed by atoms with Gasteiger partial charge in [0.1, 0.15) is 16.4 Å². The van der Waals surface area contributed by atoms with Crippen LogP contribution in [0.5, 0.6) is 11.5 Å². The molecule has 0 unspecified atom stereocenters. The number of phenolic OH excluding ortho intramolecular Hbond substituents is 2. The molecule has 5 heteroatoms. The molecule has 0 aliphatic carbocycles. The maximum atomic E-state index is 12.7. The average molecular weight is 306 g/mol. The lowest BCUT2D eigenvalue weighted by atomic mass is 10.1. The molecule has 0 heterocycles. The highest BCUT2D eigenvalue weighted by molar-refractivity contribution is 7.91. The molecule has 0 saturated carbocycles. The van der Waals surface area contributed by atoms with Gasteiger partial charge in [0.2, 0.25) is 9.84 Å². The second-order valence-corrected chi connectivity index (χ2v) is 7.26. The first kappa shape index (κ1) is 15.4. The molecule has 0 bridgehead atoms. The van der Waals surface area contributed by atoms with Crippen LogP contribution < -0.4 is 0 Å². The summed E-state index contributed by atoms with van der Waals surface area (Å²) in [4.78, 5) is -0.0416. The lowest BCUT2D eigenvalue weighted by Crippen LogP contribution is -2.05. The van der Waals surface area contributed by atoms with Crippen LogP contribution in [0.1, 0.15) is 22.3 Å².